The lowest BCUT2D eigenvalue weighted by atomic mass is 9.69. The third kappa shape index (κ3) is 3.78. The minimum absolute atomic E-state index is 0.338. The van der Waals surface area contributed by atoms with Crippen LogP contribution in [0.3, 0.4) is 0 Å². The summed E-state index contributed by atoms with van der Waals surface area (Å²) in [5.74, 6) is 0.338. The molecule has 0 saturated heterocycles. The predicted octanol–water partition coefficient (Wildman–Crippen LogP) is 11.8. The molecule has 1 atom stereocenters. The van der Waals surface area contributed by atoms with E-state index in [1.54, 1.807) is 0 Å². The molecule has 0 spiro atoms. The van der Waals surface area contributed by atoms with Crippen molar-refractivity contribution in [1.82, 2.24) is 0 Å². The SMILES string of the molecule is C1=C(c2ccccc2-c2ccccc2)c2cccc3c2C(C1)c1cccc2c(-c4ccccc4-c4ccccc4)ccc-3c12. The summed E-state index contributed by atoms with van der Waals surface area (Å²) >= 11 is 0. The van der Waals surface area contributed by atoms with Gasteiger partial charge in [-0.1, -0.05) is 164 Å². The maximum absolute atomic E-state index is 2.50. The average Bonchev–Trinajstić information content (AvgIpc) is 3.11. The molecule has 0 fully saturated rings. The Morgan fingerprint density at radius 1 is 0.364 bits per heavy atom. The Balaban J connectivity index is 1.24. The molecule has 0 heteroatoms. The van der Waals surface area contributed by atoms with Crippen molar-refractivity contribution in [2.45, 2.75) is 12.3 Å². The first-order valence-corrected chi connectivity index (χ1v) is 15.6. The number of allylic oxidation sites excluding steroid dienone is 1. The summed E-state index contributed by atoms with van der Waals surface area (Å²) in [5.41, 5.74) is 17.3. The molecule has 0 heterocycles. The van der Waals surface area contributed by atoms with Gasteiger partial charge in [0.05, 0.1) is 0 Å². The van der Waals surface area contributed by atoms with Gasteiger partial charge < -0.3 is 0 Å². The number of rotatable bonds is 4. The van der Waals surface area contributed by atoms with Crippen LogP contribution in [0.1, 0.15) is 34.6 Å². The van der Waals surface area contributed by atoms with Crippen molar-refractivity contribution >= 4 is 16.3 Å². The van der Waals surface area contributed by atoms with E-state index in [1.807, 2.05) is 0 Å². The van der Waals surface area contributed by atoms with Gasteiger partial charge in [-0.3, -0.25) is 0 Å². The predicted molar refractivity (Wildman–Crippen MR) is 186 cm³/mol. The molecule has 44 heavy (non-hydrogen) atoms. The van der Waals surface area contributed by atoms with E-state index in [-0.39, 0.29) is 0 Å². The van der Waals surface area contributed by atoms with E-state index < -0.39 is 0 Å². The van der Waals surface area contributed by atoms with Crippen LogP contribution in [-0.4, -0.2) is 0 Å². The molecular weight excluding hydrogens is 528 g/mol. The smallest absolute Gasteiger partial charge is 0.0143 e. The highest BCUT2D eigenvalue weighted by Gasteiger charge is 2.33. The highest BCUT2D eigenvalue weighted by molar-refractivity contribution is 6.11. The maximum Gasteiger partial charge on any atom is 0.0143 e. The van der Waals surface area contributed by atoms with Crippen LogP contribution in [0.4, 0.5) is 0 Å². The van der Waals surface area contributed by atoms with Crippen LogP contribution in [0.5, 0.6) is 0 Å². The van der Waals surface area contributed by atoms with Crippen molar-refractivity contribution in [2.75, 3.05) is 0 Å². The second-order valence-corrected chi connectivity index (χ2v) is 11.9. The highest BCUT2D eigenvalue weighted by Crippen LogP contribution is 2.54. The van der Waals surface area contributed by atoms with Crippen molar-refractivity contribution < 1.29 is 0 Å². The zero-order chi connectivity index (χ0) is 29.0. The second kappa shape index (κ2) is 10.1. The molecule has 7 aromatic carbocycles. The molecule has 0 saturated carbocycles. The fourth-order valence-electron chi connectivity index (χ4n) is 7.77. The van der Waals surface area contributed by atoms with Crippen LogP contribution in [0.25, 0.3) is 60.9 Å². The number of benzene rings is 7. The van der Waals surface area contributed by atoms with Crippen molar-refractivity contribution in [1.29, 1.82) is 0 Å². The number of hydrogen-bond donors (Lipinski definition) is 0. The van der Waals surface area contributed by atoms with Crippen LogP contribution >= 0.6 is 0 Å². The molecule has 0 amide bonds. The van der Waals surface area contributed by atoms with Crippen LogP contribution in [0.2, 0.25) is 0 Å². The van der Waals surface area contributed by atoms with E-state index >= 15 is 0 Å². The van der Waals surface area contributed by atoms with Gasteiger partial charge in [-0.05, 0) is 89.5 Å². The maximum atomic E-state index is 2.50. The van der Waals surface area contributed by atoms with E-state index in [1.165, 1.54) is 83.1 Å². The lowest BCUT2D eigenvalue weighted by molar-refractivity contribution is 0.820. The first kappa shape index (κ1) is 25.1. The average molecular weight is 559 g/mol. The van der Waals surface area contributed by atoms with Gasteiger partial charge in [-0.25, -0.2) is 0 Å². The number of hydrogen-bond acceptors (Lipinski definition) is 0. The summed E-state index contributed by atoms with van der Waals surface area (Å²) in [4.78, 5) is 0. The Bertz CT molecular complexity index is 2240. The molecule has 0 bridgehead atoms. The van der Waals surface area contributed by atoms with Gasteiger partial charge in [-0.2, -0.15) is 0 Å². The van der Waals surface area contributed by atoms with E-state index in [0.29, 0.717) is 5.92 Å². The molecule has 7 aromatic rings. The summed E-state index contributed by atoms with van der Waals surface area (Å²) in [6.45, 7) is 0. The minimum Gasteiger partial charge on any atom is -0.0751 e. The minimum atomic E-state index is 0.338. The molecule has 2 aliphatic carbocycles. The van der Waals surface area contributed by atoms with Gasteiger partial charge >= 0.3 is 0 Å². The van der Waals surface area contributed by atoms with Crippen LogP contribution in [0.15, 0.2) is 164 Å². The summed E-state index contributed by atoms with van der Waals surface area (Å²) in [7, 11) is 0. The quantitative estimate of drug-likeness (QED) is 0.202. The largest absolute Gasteiger partial charge is 0.0751 e. The Morgan fingerprint density at radius 2 is 0.909 bits per heavy atom. The van der Waals surface area contributed by atoms with Crippen LogP contribution in [0, 0.1) is 0 Å². The molecule has 206 valence electrons. The molecule has 0 radical (unpaired) electrons. The molecule has 1 unspecified atom stereocenters. The Hall–Kier alpha value is -5.46. The Morgan fingerprint density at radius 3 is 1.64 bits per heavy atom. The zero-order valence-electron chi connectivity index (χ0n) is 24.4. The van der Waals surface area contributed by atoms with Crippen LogP contribution in [-0.2, 0) is 0 Å². The molecule has 9 rings (SSSR count). The van der Waals surface area contributed by atoms with Crippen molar-refractivity contribution in [3.05, 3.63) is 186 Å². The Kier molecular flexibility index (Phi) is 5.74. The van der Waals surface area contributed by atoms with E-state index in [2.05, 4.69) is 164 Å². The first-order chi connectivity index (χ1) is 21.9. The van der Waals surface area contributed by atoms with Gasteiger partial charge in [-0.15, -0.1) is 0 Å². The molecular formula is C44H30. The standard InChI is InChI=1S/C44H30/c1-3-13-29(14-4-1)31-17-7-9-19-33(31)35-25-27-41-40-24-12-22-38-36(34-20-10-8-18-32(34)30-15-5-2-6-16-30)26-28-42(44(38)40)39-23-11-21-37(35)43(39)41/h1-27,42H,28H2. The van der Waals surface area contributed by atoms with Crippen LogP contribution < -0.4 is 0 Å². The molecule has 0 aromatic heterocycles. The fourth-order valence-corrected chi connectivity index (χ4v) is 7.77. The molecule has 0 aliphatic heterocycles. The van der Waals surface area contributed by atoms with E-state index in [9.17, 15) is 0 Å². The summed E-state index contributed by atoms with van der Waals surface area (Å²) in [6, 6.07) is 57.9. The fraction of sp³-hybridized carbons (Fsp3) is 0.0455. The lowest BCUT2D eigenvalue weighted by Crippen LogP contribution is -2.15. The van der Waals surface area contributed by atoms with Gasteiger partial charge in [0.25, 0.3) is 0 Å². The number of fused-ring (bicyclic) bond motifs is 2. The zero-order valence-corrected chi connectivity index (χ0v) is 24.4. The molecule has 2 aliphatic rings. The van der Waals surface area contributed by atoms with Gasteiger partial charge in [0.15, 0.2) is 0 Å². The van der Waals surface area contributed by atoms with E-state index in [0.717, 1.165) is 6.42 Å². The summed E-state index contributed by atoms with van der Waals surface area (Å²) in [6.07, 6.45) is 3.49. The van der Waals surface area contributed by atoms with Gasteiger partial charge in [0.1, 0.15) is 0 Å². The van der Waals surface area contributed by atoms with Crippen molar-refractivity contribution in [3.63, 3.8) is 0 Å². The monoisotopic (exact) mass is 558 g/mol. The topological polar surface area (TPSA) is 0 Å². The van der Waals surface area contributed by atoms with Crippen molar-refractivity contribution in [3.8, 4) is 44.5 Å². The molecule has 0 nitrogen and oxygen atoms in total. The molecule has 0 N–H and O–H groups in total. The normalized spacial score (nSPS) is 14.6. The van der Waals surface area contributed by atoms with Crippen molar-refractivity contribution in [2.24, 2.45) is 0 Å². The summed E-state index contributed by atoms with van der Waals surface area (Å²) < 4.78 is 0. The Labute approximate surface area is 258 Å². The first-order valence-electron chi connectivity index (χ1n) is 15.6. The lowest BCUT2D eigenvalue weighted by Gasteiger charge is -2.34. The highest BCUT2D eigenvalue weighted by atomic mass is 14.4. The second-order valence-electron chi connectivity index (χ2n) is 11.9. The third-order valence-corrected chi connectivity index (χ3v) is 9.64. The van der Waals surface area contributed by atoms with E-state index in [4.69, 9.17) is 0 Å². The van der Waals surface area contributed by atoms with Gasteiger partial charge in [0.2, 0.25) is 0 Å². The third-order valence-electron chi connectivity index (χ3n) is 9.64. The van der Waals surface area contributed by atoms with Gasteiger partial charge in [0, 0.05) is 5.92 Å². The summed E-state index contributed by atoms with van der Waals surface area (Å²) in [5, 5.41) is 2.74.